The zero-order chi connectivity index (χ0) is 27.6. The highest BCUT2D eigenvalue weighted by Gasteiger charge is 2.77. The van der Waals surface area contributed by atoms with Crippen LogP contribution in [0.5, 0.6) is 0 Å². The second kappa shape index (κ2) is 9.78. The Hall–Kier alpha value is -1.18. The standard InChI is InChI=1S/C28H35BrCl2O6/c1-6-22(34)36-14-21(33)28(37-23(35)7-2)15(3)10-18-24-19(29)12-16-11-17(32)8-9-25(16,4)27(24,31)20(30)13-26(18,28)5/h8-9,11,15,18-20,24H,6-7,10,12-14H2,1-5H3/t15-,18+,19-,20+,24-,25+,26+,27-,28-/m1/s1. The molecule has 3 fully saturated rings. The number of ether oxygens (including phenoxy) is 2. The minimum absolute atomic E-state index is 0.0649. The number of allylic oxidation sites excluding steroid dienone is 4. The van der Waals surface area contributed by atoms with E-state index < -0.39 is 51.0 Å². The van der Waals surface area contributed by atoms with E-state index in [-0.39, 0.29) is 41.2 Å². The van der Waals surface area contributed by atoms with E-state index in [1.807, 2.05) is 26.8 Å². The van der Waals surface area contributed by atoms with Crippen LogP contribution in [0, 0.1) is 28.6 Å². The maximum Gasteiger partial charge on any atom is 0.306 e. The molecule has 0 aromatic carbocycles. The third-order valence-electron chi connectivity index (χ3n) is 9.74. The van der Waals surface area contributed by atoms with Crippen molar-refractivity contribution in [2.45, 2.75) is 87.4 Å². The van der Waals surface area contributed by atoms with Crippen molar-refractivity contribution in [2.75, 3.05) is 6.61 Å². The lowest BCUT2D eigenvalue weighted by Gasteiger charge is -2.65. The summed E-state index contributed by atoms with van der Waals surface area (Å²) in [5.74, 6) is -2.12. The summed E-state index contributed by atoms with van der Waals surface area (Å²) < 4.78 is 11.4. The van der Waals surface area contributed by atoms with Gasteiger partial charge >= 0.3 is 11.9 Å². The van der Waals surface area contributed by atoms with Gasteiger partial charge in [0.2, 0.25) is 5.78 Å². The topological polar surface area (TPSA) is 86.7 Å². The van der Waals surface area contributed by atoms with E-state index in [1.54, 1.807) is 26.0 Å². The predicted octanol–water partition coefficient (Wildman–Crippen LogP) is 5.71. The molecule has 0 amide bonds. The molecular weight excluding hydrogens is 583 g/mol. The maximum absolute atomic E-state index is 14.0. The first-order valence-corrected chi connectivity index (χ1v) is 14.8. The quantitative estimate of drug-likeness (QED) is 0.280. The van der Waals surface area contributed by atoms with E-state index in [9.17, 15) is 19.2 Å². The van der Waals surface area contributed by atoms with Crippen LogP contribution < -0.4 is 0 Å². The van der Waals surface area contributed by atoms with Gasteiger partial charge in [-0.15, -0.1) is 23.2 Å². The number of carbonyl (C=O) groups excluding carboxylic acids is 4. The average Bonchev–Trinajstić information content (AvgIpc) is 3.05. The number of hydrogen-bond acceptors (Lipinski definition) is 6. The highest BCUT2D eigenvalue weighted by Crippen LogP contribution is 2.73. The zero-order valence-corrected chi connectivity index (χ0v) is 25.0. The van der Waals surface area contributed by atoms with Crippen molar-refractivity contribution < 1.29 is 28.7 Å². The smallest absolute Gasteiger partial charge is 0.306 e. The van der Waals surface area contributed by atoms with Crippen molar-refractivity contribution >= 4 is 62.6 Å². The largest absolute Gasteiger partial charge is 0.457 e. The number of Topliss-reactive ketones (excluding diaryl/α,β-unsaturated/α-hetero) is 1. The lowest BCUT2D eigenvalue weighted by Crippen LogP contribution is -2.70. The Morgan fingerprint density at radius 2 is 1.81 bits per heavy atom. The molecule has 9 heteroatoms. The van der Waals surface area contributed by atoms with E-state index in [1.165, 1.54) is 0 Å². The summed E-state index contributed by atoms with van der Waals surface area (Å²) in [5.41, 5.74) is -2.06. The van der Waals surface area contributed by atoms with Crippen LogP contribution in [0.4, 0.5) is 0 Å². The fourth-order valence-corrected chi connectivity index (χ4v) is 10.4. The van der Waals surface area contributed by atoms with Crippen molar-refractivity contribution in [3.8, 4) is 0 Å². The summed E-state index contributed by atoms with van der Waals surface area (Å²) in [5, 5.41) is -0.608. The van der Waals surface area contributed by atoms with Gasteiger partial charge in [0.1, 0.15) is 0 Å². The number of ketones is 2. The molecule has 0 saturated heterocycles. The van der Waals surface area contributed by atoms with E-state index in [2.05, 4.69) is 15.9 Å². The van der Waals surface area contributed by atoms with Crippen molar-refractivity contribution in [3.63, 3.8) is 0 Å². The molecule has 4 rings (SSSR count). The van der Waals surface area contributed by atoms with Gasteiger partial charge in [0.25, 0.3) is 0 Å². The number of fused-ring (bicyclic) bond motifs is 5. The highest BCUT2D eigenvalue weighted by molar-refractivity contribution is 9.09. The van der Waals surface area contributed by atoms with Crippen LogP contribution >= 0.6 is 39.1 Å². The molecule has 3 saturated carbocycles. The number of rotatable bonds is 6. The number of esters is 2. The lowest BCUT2D eigenvalue weighted by atomic mass is 9.46. The monoisotopic (exact) mass is 616 g/mol. The van der Waals surface area contributed by atoms with Crippen LogP contribution in [0.3, 0.4) is 0 Å². The Morgan fingerprint density at radius 1 is 1.16 bits per heavy atom. The molecule has 0 aromatic heterocycles. The van der Waals surface area contributed by atoms with Gasteiger partial charge in [0.05, 0.1) is 10.3 Å². The van der Waals surface area contributed by atoms with Gasteiger partial charge in [-0.3, -0.25) is 19.2 Å². The predicted molar refractivity (Wildman–Crippen MR) is 145 cm³/mol. The molecule has 4 aliphatic rings. The number of hydrogen-bond donors (Lipinski definition) is 0. The van der Waals surface area contributed by atoms with Crippen molar-refractivity contribution in [3.05, 3.63) is 23.8 Å². The van der Waals surface area contributed by atoms with Crippen LogP contribution in [0.2, 0.25) is 0 Å². The third-order valence-corrected chi connectivity index (χ3v) is 12.2. The van der Waals surface area contributed by atoms with Gasteiger partial charge in [-0.2, -0.15) is 0 Å². The van der Waals surface area contributed by atoms with Crippen LogP contribution in [-0.2, 0) is 28.7 Å². The molecule has 0 radical (unpaired) electrons. The number of alkyl halides is 3. The Balaban J connectivity index is 1.84. The molecule has 0 heterocycles. The lowest BCUT2D eigenvalue weighted by molar-refractivity contribution is -0.195. The second-order valence-corrected chi connectivity index (χ2v) is 13.8. The Labute approximate surface area is 237 Å². The Bertz CT molecular complexity index is 1090. The molecule has 0 spiro atoms. The fraction of sp³-hybridized carbons (Fsp3) is 0.714. The van der Waals surface area contributed by atoms with E-state index in [0.717, 1.165) is 5.57 Å². The Morgan fingerprint density at radius 3 is 2.43 bits per heavy atom. The number of halogens is 3. The first-order valence-electron chi connectivity index (χ1n) is 13.0. The number of carbonyl (C=O) groups is 4. The van der Waals surface area contributed by atoms with E-state index in [0.29, 0.717) is 19.3 Å². The molecule has 0 aliphatic heterocycles. The van der Waals surface area contributed by atoms with E-state index in [4.69, 9.17) is 32.7 Å². The molecule has 0 unspecified atom stereocenters. The molecule has 204 valence electrons. The van der Waals surface area contributed by atoms with Crippen molar-refractivity contribution in [1.82, 2.24) is 0 Å². The summed E-state index contributed by atoms with van der Waals surface area (Å²) in [6, 6.07) is 0. The highest BCUT2D eigenvalue weighted by atomic mass is 79.9. The van der Waals surface area contributed by atoms with Gasteiger partial charge in [0, 0.05) is 34.4 Å². The summed E-state index contributed by atoms with van der Waals surface area (Å²) in [6.07, 6.45) is 6.88. The van der Waals surface area contributed by atoms with Crippen LogP contribution in [0.1, 0.15) is 66.7 Å². The molecule has 0 aromatic rings. The normalized spacial score (nSPS) is 44.3. The minimum Gasteiger partial charge on any atom is -0.457 e. The summed E-state index contributed by atoms with van der Waals surface area (Å²) in [4.78, 5) is 49.9. The molecule has 0 bridgehead atoms. The summed E-state index contributed by atoms with van der Waals surface area (Å²) >= 11 is 18.8. The van der Waals surface area contributed by atoms with Gasteiger partial charge in [-0.1, -0.05) is 62.2 Å². The Kier molecular flexibility index (Phi) is 7.62. The maximum atomic E-state index is 14.0. The second-order valence-electron chi connectivity index (χ2n) is 11.5. The molecule has 9 atom stereocenters. The molecular formula is C28H35BrCl2O6. The van der Waals surface area contributed by atoms with E-state index >= 15 is 0 Å². The fourth-order valence-electron chi connectivity index (χ4n) is 7.88. The molecule has 6 nitrogen and oxygen atoms in total. The van der Waals surface area contributed by atoms with Gasteiger partial charge in [-0.25, -0.2) is 0 Å². The van der Waals surface area contributed by atoms with Gasteiger partial charge in [-0.05, 0) is 43.3 Å². The molecule has 0 N–H and O–H groups in total. The van der Waals surface area contributed by atoms with Gasteiger partial charge in [0.15, 0.2) is 18.0 Å². The van der Waals surface area contributed by atoms with Crippen LogP contribution in [0.15, 0.2) is 23.8 Å². The minimum atomic E-state index is -1.51. The molecule has 37 heavy (non-hydrogen) atoms. The van der Waals surface area contributed by atoms with Crippen molar-refractivity contribution in [1.29, 1.82) is 0 Å². The average molecular weight is 618 g/mol. The van der Waals surface area contributed by atoms with Crippen molar-refractivity contribution in [2.24, 2.45) is 28.6 Å². The van der Waals surface area contributed by atoms with Crippen LogP contribution in [0.25, 0.3) is 0 Å². The SMILES string of the molecule is CCC(=O)OCC(=O)[C@]1(OC(=O)CC)[C@H](C)C[C@H]2[C@@H]3[C@H](Br)CC4=CC(=O)C=C[C@]4(C)[C@@]3(Cl)[C@@H](Cl)C[C@@]21C. The molecule has 4 aliphatic carbocycles. The zero-order valence-electron chi connectivity index (χ0n) is 21.9. The van der Waals surface area contributed by atoms with Crippen LogP contribution in [-0.4, -0.2) is 50.8 Å². The first-order chi connectivity index (χ1) is 17.2. The summed E-state index contributed by atoms with van der Waals surface area (Å²) in [6.45, 7) is 8.81. The summed E-state index contributed by atoms with van der Waals surface area (Å²) in [7, 11) is 0. The van der Waals surface area contributed by atoms with Gasteiger partial charge < -0.3 is 9.47 Å². The third kappa shape index (κ3) is 3.92. The first kappa shape index (κ1) is 28.8.